The van der Waals surface area contributed by atoms with Crippen molar-refractivity contribution in [3.8, 4) is 6.07 Å². The number of fused-ring (bicyclic) bond motifs is 1. The van der Waals surface area contributed by atoms with Crippen molar-refractivity contribution < 1.29 is 4.79 Å². The van der Waals surface area contributed by atoms with E-state index in [0.29, 0.717) is 17.0 Å². The van der Waals surface area contributed by atoms with Crippen molar-refractivity contribution in [2.24, 2.45) is 0 Å². The van der Waals surface area contributed by atoms with Gasteiger partial charge in [0.1, 0.15) is 5.82 Å². The topological polar surface area (TPSA) is 81.6 Å². The summed E-state index contributed by atoms with van der Waals surface area (Å²) in [4.78, 5) is 19.9. The maximum atomic E-state index is 12.2. The molecule has 1 amide bonds. The second-order valence-electron chi connectivity index (χ2n) is 5.02. The van der Waals surface area contributed by atoms with Gasteiger partial charge in [-0.15, -0.1) is 0 Å². The maximum absolute atomic E-state index is 12.2. The van der Waals surface area contributed by atoms with Crippen LogP contribution in [-0.4, -0.2) is 15.9 Å². The van der Waals surface area contributed by atoms with Crippen LogP contribution in [0.3, 0.4) is 0 Å². The lowest BCUT2D eigenvalue weighted by atomic mass is 10.1. The van der Waals surface area contributed by atoms with Gasteiger partial charge in [0.05, 0.1) is 28.7 Å². The van der Waals surface area contributed by atoms with Gasteiger partial charge in [-0.1, -0.05) is 12.1 Å². The fourth-order valence-electron chi connectivity index (χ4n) is 2.22. The Morgan fingerprint density at radius 1 is 1.23 bits per heavy atom. The minimum absolute atomic E-state index is 0.197. The number of H-pyrrole nitrogens is 1. The van der Waals surface area contributed by atoms with Crippen LogP contribution < -0.4 is 5.32 Å². The predicted molar refractivity (Wildman–Crippen MR) is 83.1 cm³/mol. The summed E-state index contributed by atoms with van der Waals surface area (Å²) in [5.41, 5.74) is 2.86. The molecule has 3 aromatic rings. The average Bonchev–Trinajstić information content (AvgIpc) is 2.99. The number of benzene rings is 2. The van der Waals surface area contributed by atoms with Gasteiger partial charge in [-0.05, 0) is 43.3 Å². The Morgan fingerprint density at radius 2 is 1.95 bits per heavy atom. The van der Waals surface area contributed by atoms with E-state index in [1.165, 1.54) is 0 Å². The number of carbonyl (C=O) groups excluding carboxylic acids is 1. The Kier molecular flexibility index (Phi) is 3.58. The van der Waals surface area contributed by atoms with Crippen LogP contribution in [0, 0.1) is 11.3 Å². The minimum atomic E-state index is -0.240. The van der Waals surface area contributed by atoms with Crippen LogP contribution >= 0.6 is 0 Å². The number of nitrogens with one attached hydrogen (secondary N) is 2. The molecule has 2 aromatic carbocycles. The Labute approximate surface area is 127 Å². The van der Waals surface area contributed by atoms with E-state index >= 15 is 0 Å². The molecule has 0 aliphatic carbocycles. The molecule has 108 valence electrons. The van der Waals surface area contributed by atoms with E-state index in [0.717, 1.165) is 11.0 Å². The smallest absolute Gasteiger partial charge is 0.251 e. The standard InChI is InChI=1S/C17H14N4O/c1-11(16-20-14-4-2-3-5-15(14)21-16)19-17(22)13-8-6-12(10-18)7-9-13/h2-9,11H,1H3,(H,19,22)(H,20,21)/t11-/m0/s1. The number of aromatic amines is 1. The van der Waals surface area contributed by atoms with Crippen LogP contribution in [0.25, 0.3) is 11.0 Å². The van der Waals surface area contributed by atoms with E-state index in [-0.39, 0.29) is 11.9 Å². The highest BCUT2D eigenvalue weighted by molar-refractivity contribution is 5.94. The number of imidazole rings is 1. The highest BCUT2D eigenvalue weighted by atomic mass is 16.1. The van der Waals surface area contributed by atoms with E-state index in [1.54, 1.807) is 24.3 Å². The number of aromatic nitrogens is 2. The van der Waals surface area contributed by atoms with Gasteiger partial charge in [-0.3, -0.25) is 4.79 Å². The average molecular weight is 290 g/mol. The van der Waals surface area contributed by atoms with E-state index in [1.807, 2.05) is 37.3 Å². The summed E-state index contributed by atoms with van der Waals surface area (Å²) >= 11 is 0. The van der Waals surface area contributed by atoms with Crippen molar-refractivity contribution >= 4 is 16.9 Å². The van der Waals surface area contributed by atoms with E-state index in [9.17, 15) is 4.79 Å². The molecule has 0 aliphatic heterocycles. The van der Waals surface area contributed by atoms with Gasteiger partial charge in [0.25, 0.3) is 5.91 Å². The zero-order valence-electron chi connectivity index (χ0n) is 12.0. The van der Waals surface area contributed by atoms with Crippen LogP contribution in [0.1, 0.15) is 34.7 Å². The monoisotopic (exact) mass is 290 g/mol. The van der Waals surface area contributed by atoms with Crippen molar-refractivity contribution in [1.82, 2.24) is 15.3 Å². The summed E-state index contributed by atoms with van der Waals surface area (Å²) < 4.78 is 0. The van der Waals surface area contributed by atoms with Gasteiger partial charge >= 0.3 is 0 Å². The number of carbonyl (C=O) groups is 1. The zero-order chi connectivity index (χ0) is 15.5. The van der Waals surface area contributed by atoms with Crippen molar-refractivity contribution in [3.63, 3.8) is 0 Å². The van der Waals surface area contributed by atoms with E-state index in [2.05, 4.69) is 15.3 Å². The Bertz CT molecular complexity index is 825. The molecule has 0 spiro atoms. The lowest BCUT2D eigenvalue weighted by Crippen LogP contribution is -2.27. The van der Waals surface area contributed by atoms with Crippen LogP contribution in [0.2, 0.25) is 0 Å². The third-order valence-electron chi connectivity index (χ3n) is 3.44. The van der Waals surface area contributed by atoms with Crippen molar-refractivity contribution in [3.05, 3.63) is 65.5 Å². The fraction of sp³-hybridized carbons (Fsp3) is 0.118. The molecule has 0 radical (unpaired) electrons. The zero-order valence-corrected chi connectivity index (χ0v) is 12.0. The molecule has 0 saturated heterocycles. The SMILES string of the molecule is C[C@H](NC(=O)c1ccc(C#N)cc1)c1nc2ccccc2[nH]1. The first-order valence-corrected chi connectivity index (χ1v) is 6.93. The normalized spacial score (nSPS) is 11.8. The maximum Gasteiger partial charge on any atom is 0.251 e. The Hall–Kier alpha value is -3.13. The fourth-order valence-corrected chi connectivity index (χ4v) is 2.22. The first kappa shape index (κ1) is 13.8. The summed E-state index contributed by atoms with van der Waals surface area (Å²) in [6.07, 6.45) is 0. The van der Waals surface area contributed by atoms with E-state index < -0.39 is 0 Å². The molecule has 0 aliphatic rings. The molecule has 0 bridgehead atoms. The summed E-state index contributed by atoms with van der Waals surface area (Å²) in [6, 6.07) is 16.0. The first-order valence-electron chi connectivity index (χ1n) is 6.93. The van der Waals surface area contributed by atoms with E-state index in [4.69, 9.17) is 5.26 Å². The van der Waals surface area contributed by atoms with Gasteiger partial charge in [0.2, 0.25) is 0 Å². The lowest BCUT2D eigenvalue weighted by molar-refractivity contribution is 0.0938. The van der Waals surface area contributed by atoms with Gasteiger partial charge in [-0.25, -0.2) is 4.98 Å². The number of para-hydroxylation sites is 2. The van der Waals surface area contributed by atoms with Gasteiger partial charge in [-0.2, -0.15) is 5.26 Å². The summed E-state index contributed by atoms with van der Waals surface area (Å²) in [5.74, 6) is 0.514. The number of amides is 1. The molecule has 1 atom stereocenters. The number of nitriles is 1. The Balaban J connectivity index is 1.76. The molecule has 1 heterocycles. The van der Waals surface area contributed by atoms with Gasteiger partial charge < -0.3 is 10.3 Å². The highest BCUT2D eigenvalue weighted by Crippen LogP contribution is 2.16. The second kappa shape index (κ2) is 5.70. The molecule has 5 heteroatoms. The summed E-state index contributed by atoms with van der Waals surface area (Å²) in [6.45, 7) is 1.87. The molecule has 3 rings (SSSR count). The van der Waals surface area contributed by atoms with Gasteiger partial charge in [0, 0.05) is 5.56 Å². The molecule has 2 N–H and O–H groups in total. The lowest BCUT2D eigenvalue weighted by Gasteiger charge is -2.11. The highest BCUT2D eigenvalue weighted by Gasteiger charge is 2.14. The molecule has 0 saturated carbocycles. The van der Waals surface area contributed by atoms with Crippen LogP contribution in [0.5, 0.6) is 0 Å². The second-order valence-corrected chi connectivity index (χ2v) is 5.02. The molecule has 0 fully saturated rings. The molecule has 22 heavy (non-hydrogen) atoms. The predicted octanol–water partition coefficient (Wildman–Crippen LogP) is 2.93. The number of rotatable bonds is 3. The number of nitrogens with zero attached hydrogens (tertiary/aromatic N) is 2. The van der Waals surface area contributed by atoms with Crippen LogP contribution in [-0.2, 0) is 0 Å². The van der Waals surface area contributed by atoms with Gasteiger partial charge in [0.15, 0.2) is 0 Å². The molecule has 1 aromatic heterocycles. The van der Waals surface area contributed by atoms with Crippen molar-refractivity contribution in [2.45, 2.75) is 13.0 Å². The number of hydrogen-bond acceptors (Lipinski definition) is 3. The van der Waals surface area contributed by atoms with Crippen molar-refractivity contribution in [1.29, 1.82) is 5.26 Å². The largest absolute Gasteiger partial charge is 0.342 e. The van der Waals surface area contributed by atoms with Crippen molar-refractivity contribution in [2.75, 3.05) is 0 Å². The minimum Gasteiger partial charge on any atom is -0.342 e. The third kappa shape index (κ3) is 2.67. The summed E-state index contributed by atoms with van der Waals surface area (Å²) in [5, 5.41) is 11.7. The Morgan fingerprint density at radius 3 is 2.64 bits per heavy atom. The molecular formula is C17H14N4O. The summed E-state index contributed by atoms with van der Waals surface area (Å²) in [7, 11) is 0. The molecule has 5 nitrogen and oxygen atoms in total. The third-order valence-corrected chi connectivity index (χ3v) is 3.44. The van der Waals surface area contributed by atoms with Crippen LogP contribution in [0.15, 0.2) is 48.5 Å². The molecule has 0 unspecified atom stereocenters. The number of hydrogen-bond donors (Lipinski definition) is 2. The quantitative estimate of drug-likeness (QED) is 0.778. The van der Waals surface area contributed by atoms with Crippen LogP contribution in [0.4, 0.5) is 0 Å². The first-order chi connectivity index (χ1) is 10.7. The molecular weight excluding hydrogens is 276 g/mol.